The molecule has 1 saturated heterocycles. The van der Waals surface area contributed by atoms with Gasteiger partial charge in [0.25, 0.3) is 0 Å². The van der Waals surface area contributed by atoms with E-state index in [0.29, 0.717) is 17.1 Å². The number of aromatic hydroxyl groups is 1. The minimum Gasteiger partial charge on any atom is -0.507 e. The number of ether oxygens (including phenoxy) is 1. The van der Waals surface area contributed by atoms with Gasteiger partial charge in [-0.1, -0.05) is 0 Å². The van der Waals surface area contributed by atoms with Crippen molar-refractivity contribution in [2.45, 2.75) is 31.2 Å². The Balaban J connectivity index is 1.34. The Morgan fingerprint density at radius 2 is 2.10 bits per heavy atom. The van der Waals surface area contributed by atoms with E-state index in [1.165, 1.54) is 0 Å². The normalized spacial score (nSPS) is 28.7. The number of hydrogen-bond acceptors (Lipinski definition) is 6. The van der Waals surface area contributed by atoms with E-state index in [9.17, 15) is 9.50 Å². The first-order valence-electron chi connectivity index (χ1n) is 9.63. The molecule has 0 spiro atoms. The van der Waals surface area contributed by atoms with Crippen LogP contribution in [0.2, 0.25) is 0 Å². The van der Waals surface area contributed by atoms with E-state index in [2.05, 4.69) is 20.1 Å². The molecule has 0 amide bonds. The van der Waals surface area contributed by atoms with E-state index < -0.39 is 17.8 Å². The number of phenolic OH excluding ortho intramolecular Hbond substituents is 1. The fourth-order valence-electron chi connectivity index (χ4n) is 4.58. The van der Waals surface area contributed by atoms with Crippen molar-refractivity contribution in [3.63, 3.8) is 0 Å². The highest BCUT2D eigenvalue weighted by atomic mass is 19.1. The third-order valence-corrected chi connectivity index (χ3v) is 6.36. The van der Waals surface area contributed by atoms with Crippen LogP contribution in [0.4, 0.5) is 4.39 Å². The van der Waals surface area contributed by atoms with Crippen molar-refractivity contribution in [2.75, 3.05) is 13.6 Å². The number of imidazole rings is 1. The number of alkyl halides is 1. The summed E-state index contributed by atoms with van der Waals surface area (Å²) >= 11 is 0. The summed E-state index contributed by atoms with van der Waals surface area (Å²) in [6.07, 6.45) is 4.36. The number of aromatic nitrogens is 4. The van der Waals surface area contributed by atoms with Crippen LogP contribution in [0.25, 0.3) is 16.9 Å². The van der Waals surface area contributed by atoms with Gasteiger partial charge in [0.05, 0.1) is 23.2 Å². The van der Waals surface area contributed by atoms with Crippen LogP contribution in [0.3, 0.4) is 0 Å². The molecule has 4 atom stereocenters. The van der Waals surface area contributed by atoms with Crippen LogP contribution in [0.15, 0.2) is 49.1 Å². The zero-order valence-electron chi connectivity index (χ0n) is 16.2. The molecule has 2 aliphatic rings. The Morgan fingerprint density at radius 1 is 1.24 bits per heavy atom. The Bertz CT molecular complexity index is 1030. The van der Waals surface area contributed by atoms with Gasteiger partial charge in [-0.3, -0.25) is 4.90 Å². The summed E-state index contributed by atoms with van der Waals surface area (Å²) < 4.78 is 22.6. The summed E-state index contributed by atoms with van der Waals surface area (Å²) in [5.41, 5.74) is 1.40. The summed E-state index contributed by atoms with van der Waals surface area (Å²) in [5.74, 6) is 0.544. The van der Waals surface area contributed by atoms with Gasteiger partial charge in [0.1, 0.15) is 11.9 Å². The van der Waals surface area contributed by atoms with Gasteiger partial charge >= 0.3 is 0 Å². The van der Waals surface area contributed by atoms with E-state index in [4.69, 9.17) is 4.74 Å². The van der Waals surface area contributed by atoms with Crippen LogP contribution in [0.5, 0.6) is 11.6 Å². The number of piperidine rings is 1. The van der Waals surface area contributed by atoms with Crippen LogP contribution in [0, 0.1) is 5.92 Å². The Labute approximate surface area is 167 Å². The number of fused-ring (bicyclic) bond motifs is 2. The van der Waals surface area contributed by atoms with E-state index in [1.807, 2.05) is 20.0 Å². The molecule has 7 nitrogen and oxygen atoms in total. The maximum Gasteiger partial charge on any atom is 0.233 e. The minimum atomic E-state index is -1.06. The lowest BCUT2D eigenvalue weighted by Gasteiger charge is -2.38. The van der Waals surface area contributed by atoms with Crippen molar-refractivity contribution in [3.8, 4) is 28.6 Å². The van der Waals surface area contributed by atoms with Crippen molar-refractivity contribution in [1.29, 1.82) is 0 Å². The number of likely N-dealkylation sites (tertiary alicyclic amines) is 1. The summed E-state index contributed by atoms with van der Waals surface area (Å²) in [7, 11) is 1.96. The van der Waals surface area contributed by atoms with Crippen LogP contribution in [0.1, 0.15) is 13.3 Å². The predicted molar refractivity (Wildman–Crippen MR) is 105 cm³/mol. The van der Waals surface area contributed by atoms with Crippen LogP contribution >= 0.6 is 0 Å². The molecule has 5 rings (SSSR count). The standard InChI is InChI=1S/C21H22FN5O2/c1-21-10-13(11-26(21)2)19(20(21)22)29-18-6-5-16(24-25-18)15-4-3-14(9-17(15)28)27-8-7-23-12-27/h3-9,12-13,19-20,28H,10-11H2,1-2H3/t13?,19-,20+,21-/m1/s1. The Kier molecular flexibility index (Phi) is 4.06. The molecule has 1 aromatic carbocycles. The first-order valence-corrected chi connectivity index (χ1v) is 9.63. The summed E-state index contributed by atoms with van der Waals surface area (Å²) in [6.45, 7) is 2.77. The molecule has 3 heterocycles. The molecular weight excluding hydrogens is 373 g/mol. The minimum absolute atomic E-state index is 0.0899. The molecule has 1 aliphatic heterocycles. The number of benzene rings is 1. The van der Waals surface area contributed by atoms with Crippen molar-refractivity contribution < 1.29 is 14.2 Å². The van der Waals surface area contributed by atoms with Gasteiger partial charge in [-0.2, -0.15) is 0 Å². The van der Waals surface area contributed by atoms with Crippen LogP contribution in [-0.4, -0.2) is 61.2 Å². The number of nitrogens with zero attached hydrogens (tertiary/aromatic N) is 5. The molecule has 150 valence electrons. The maximum absolute atomic E-state index is 14.9. The van der Waals surface area contributed by atoms with Crippen LogP contribution in [-0.2, 0) is 0 Å². The summed E-state index contributed by atoms with van der Waals surface area (Å²) in [4.78, 5) is 6.08. The number of phenols is 1. The maximum atomic E-state index is 14.9. The largest absolute Gasteiger partial charge is 0.507 e. The second-order valence-corrected chi connectivity index (χ2v) is 8.11. The topological polar surface area (TPSA) is 76.3 Å². The predicted octanol–water partition coefficient (Wildman–Crippen LogP) is 2.84. The lowest BCUT2D eigenvalue weighted by molar-refractivity contribution is -0.0143. The fourth-order valence-corrected chi connectivity index (χ4v) is 4.58. The first kappa shape index (κ1) is 18.1. The number of hydrogen-bond donors (Lipinski definition) is 1. The molecule has 1 saturated carbocycles. The van der Waals surface area contributed by atoms with Gasteiger partial charge in [0.15, 0.2) is 6.17 Å². The second kappa shape index (κ2) is 6.52. The molecule has 1 N–H and O–H groups in total. The third kappa shape index (κ3) is 2.86. The SMILES string of the molecule is CN1CC2C[C@]1(C)[C@@H](F)[C@@H]2Oc1ccc(-c2ccc(-n3ccnc3)cc2O)nn1. The van der Waals surface area contributed by atoms with E-state index in [1.54, 1.807) is 47.6 Å². The highest BCUT2D eigenvalue weighted by Gasteiger charge is 2.60. The first-order chi connectivity index (χ1) is 14.0. The van der Waals surface area contributed by atoms with E-state index in [-0.39, 0.29) is 11.7 Å². The lowest BCUT2D eigenvalue weighted by atomic mass is 9.97. The highest BCUT2D eigenvalue weighted by molar-refractivity contribution is 5.68. The molecule has 0 radical (unpaired) electrons. The molecule has 2 aromatic heterocycles. The van der Waals surface area contributed by atoms with Crippen molar-refractivity contribution in [1.82, 2.24) is 24.6 Å². The molecule has 3 aromatic rings. The molecule has 8 heteroatoms. The third-order valence-electron chi connectivity index (χ3n) is 6.36. The molecule has 1 aliphatic carbocycles. The second-order valence-electron chi connectivity index (χ2n) is 8.11. The van der Waals surface area contributed by atoms with E-state index >= 15 is 0 Å². The summed E-state index contributed by atoms with van der Waals surface area (Å²) in [5, 5.41) is 18.7. The lowest BCUT2D eigenvalue weighted by Crippen LogP contribution is -2.54. The molecule has 2 fully saturated rings. The van der Waals surface area contributed by atoms with Gasteiger partial charge in [-0.15, -0.1) is 10.2 Å². The van der Waals surface area contributed by atoms with Crippen molar-refractivity contribution in [2.24, 2.45) is 5.92 Å². The number of rotatable bonds is 4. The molecular formula is C21H22FN5O2. The van der Waals surface area contributed by atoms with Gasteiger partial charge in [0, 0.05) is 42.6 Å². The van der Waals surface area contributed by atoms with Crippen molar-refractivity contribution >= 4 is 0 Å². The zero-order valence-corrected chi connectivity index (χ0v) is 16.2. The monoisotopic (exact) mass is 395 g/mol. The Morgan fingerprint density at radius 3 is 2.72 bits per heavy atom. The smallest absolute Gasteiger partial charge is 0.233 e. The van der Waals surface area contributed by atoms with Gasteiger partial charge in [0.2, 0.25) is 5.88 Å². The average Bonchev–Trinajstić information content (AvgIpc) is 3.40. The van der Waals surface area contributed by atoms with E-state index in [0.717, 1.165) is 18.7 Å². The Hall–Kier alpha value is -3.00. The van der Waals surface area contributed by atoms with Gasteiger partial charge < -0.3 is 14.4 Å². The van der Waals surface area contributed by atoms with Gasteiger partial charge in [-0.25, -0.2) is 9.37 Å². The van der Waals surface area contributed by atoms with Gasteiger partial charge in [-0.05, 0) is 38.6 Å². The average molecular weight is 395 g/mol. The highest BCUT2D eigenvalue weighted by Crippen LogP contribution is 2.48. The molecule has 29 heavy (non-hydrogen) atoms. The van der Waals surface area contributed by atoms with Crippen molar-refractivity contribution in [3.05, 3.63) is 49.1 Å². The fraction of sp³-hybridized carbons (Fsp3) is 0.381. The summed E-state index contributed by atoms with van der Waals surface area (Å²) in [6, 6.07) is 8.69. The number of halogens is 1. The van der Waals surface area contributed by atoms with Crippen LogP contribution < -0.4 is 4.74 Å². The zero-order chi connectivity index (χ0) is 20.2. The molecule has 1 unspecified atom stereocenters. The molecule has 2 bridgehead atoms. The quantitative estimate of drug-likeness (QED) is 0.732.